The number of nitrogens with one attached hydrogen (secondary N) is 6. The van der Waals surface area contributed by atoms with E-state index in [0.717, 1.165) is 27.9 Å². The predicted molar refractivity (Wildman–Crippen MR) is 396 cm³/mol. The van der Waals surface area contributed by atoms with Crippen LogP contribution >= 0.6 is 33.0 Å². The topological polar surface area (TPSA) is 376 Å². The maximum absolute atomic E-state index is 12.9. The second-order valence-corrected chi connectivity index (χ2v) is 41.7. The number of aromatic carboxylic acids is 1. The largest absolute Gasteiger partial charge is 0.495 e. The molecule has 3 heterocycles. The number of sulfone groups is 3. The van der Waals surface area contributed by atoms with Gasteiger partial charge in [0.15, 0.2) is 41.1 Å². The number of aromatic nitrogens is 6. The standard InChI is InChI=1S/C23H26ClN4O5PS.C22H28N5O4PS.C21H25N4O3PS/c1-13(2)35(32,33)20-11-15(22(29)30)6-8-19(20)26-21-17(24)12-25-23(28-21)27-18-9-7-16(10-14(18)3)34(4,5)31;1-14(2)33(29,30)20-9-7-6-8-18(20)25-21-16(23)13-24-22(27-21)26-17-11-10-15(32(4,5)28)12-19(17)31-3;1-15(2)30(27,28)19-8-6-5-7-18(19)24-20-13-14-22-21(25-20)23-16-9-11-17(12-10-16)29(3,4)26/h6-13H,1-5H3,(H,29,30)(H2,25,26,27,28);6-14H,23H2,1-5H3,(H2,24,25,26,27);5-15H,1-4H3,(H2,22,23,24,25). The second kappa shape index (κ2) is 31.4. The van der Waals surface area contributed by atoms with Crippen molar-refractivity contribution in [2.75, 3.05) is 84.7 Å². The molecule has 9 aromatic rings. The third kappa shape index (κ3) is 19.5. The molecule has 0 saturated heterocycles. The molecular formula is C66H79ClN13O12P3S3. The molecule has 9 N–H and O–H groups in total. The number of carboxylic acids is 1. The molecule has 0 atom stereocenters. The monoisotopic (exact) mass is 1470 g/mol. The summed E-state index contributed by atoms with van der Waals surface area (Å²) in [6.07, 6.45) is 4.36. The van der Waals surface area contributed by atoms with Crippen molar-refractivity contribution in [2.24, 2.45) is 0 Å². The van der Waals surface area contributed by atoms with E-state index in [1.54, 1.807) is 159 Å². The molecule has 0 amide bonds. The maximum atomic E-state index is 12.9. The van der Waals surface area contributed by atoms with Crippen molar-refractivity contribution in [2.45, 2.75) is 78.9 Å². The summed E-state index contributed by atoms with van der Waals surface area (Å²) < 4.78 is 119. The van der Waals surface area contributed by atoms with Crippen molar-refractivity contribution >= 4 is 160 Å². The molecule has 25 nitrogen and oxygen atoms in total. The van der Waals surface area contributed by atoms with Crippen molar-refractivity contribution in [1.82, 2.24) is 29.9 Å². The molecular weight excluding hydrogens is 1390 g/mol. The number of benzene rings is 6. The van der Waals surface area contributed by atoms with Crippen molar-refractivity contribution in [3.63, 3.8) is 0 Å². The fraction of sp³-hybridized carbons (Fsp3) is 0.258. The van der Waals surface area contributed by atoms with Crippen LogP contribution in [0.2, 0.25) is 5.02 Å². The highest BCUT2D eigenvalue weighted by Crippen LogP contribution is 2.40. The minimum Gasteiger partial charge on any atom is -0.495 e. The Morgan fingerprint density at radius 1 is 0.500 bits per heavy atom. The number of methoxy groups -OCH3 is 1. The Kier molecular flexibility index (Phi) is 24.6. The van der Waals surface area contributed by atoms with Gasteiger partial charge in [-0.1, -0.05) is 35.9 Å². The Labute approximate surface area is 577 Å². The van der Waals surface area contributed by atoms with Gasteiger partial charge in [-0.25, -0.2) is 45.0 Å². The third-order valence-corrected chi connectivity index (χ3v) is 26.1. The molecule has 32 heteroatoms. The van der Waals surface area contributed by atoms with Crippen molar-refractivity contribution in [1.29, 1.82) is 0 Å². The number of para-hydroxylation sites is 2. The van der Waals surface area contributed by atoms with Gasteiger partial charge >= 0.3 is 5.97 Å². The summed E-state index contributed by atoms with van der Waals surface area (Å²) in [5, 5.41) is 28.1. The van der Waals surface area contributed by atoms with Gasteiger partial charge in [-0.05, 0) is 203 Å². The first-order valence-corrected chi connectivity index (χ1v) is 43.0. The van der Waals surface area contributed by atoms with E-state index in [1.807, 2.05) is 37.3 Å². The van der Waals surface area contributed by atoms with E-state index in [-0.39, 0.29) is 60.2 Å². The predicted octanol–water partition coefficient (Wildman–Crippen LogP) is 13.4. The van der Waals surface area contributed by atoms with Gasteiger partial charge in [0.25, 0.3) is 0 Å². The van der Waals surface area contributed by atoms with Crippen LogP contribution in [0.4, 0.5) is 75.1 Å². The minimum absolute atomic E-state index is 0.133. The number of nitrogens with zero attached hydrogens (tertiary/aromatic N) is 6. The smallest absolute Gasteiger partial charge is 0.335 e. The van der Waals surface area contributed by atoms with Crippen LogP contribution in [0.3, 0.4) is 0 Å². The number of aryl methyl sites for hydroxylation is 1. The first-order valence-electron chi connectivity index (χ1n) is 30.1. The van der Waals surface area contributed by atoms with E-state index >= 15 is 0 Å². The van der Waals surface area contributed by atoms with Gasteiger partial charge < -0.3 is 61.2 Å². The Morgan fingerprint density at radius 2 is 0.949 bits per heavy atom. The fourth-order valence-corrected chi connectivity index (χ4v) is 15.3. The minimum atomic E-state index is -3.83. The zero-order valence-corrected chi connectivity index (χ0v) is 62.2. The van der Waals surface area contributed by atoms with Crippen molar-refractivity contribution in [3.05, 3.63) is 168 Å². The molecule has 3 aromatic heterocycles. The van der Waals surface area contributed by atoms with Gasteiger partial charge in [-0.3, -0.25) is 0 Å². The maximum Gasteiger partial charge on any atom is 0.335 e. The highest BCUT2D eigenvalue weighted by Gasteiger charge is 2.28. The molecule has 0 bridgehead atoms. The second-order valence-electron chi connectivity index (χ2n) is 24.2. The lowest BCUT2D eigenvalue weighted by molar-refractivity contribution is 0.0696. The quantitative estimate of drug-likeness (QED) is 0.0276. The molecule has 0 saturated carbocycles. The highest BCUT2D eigenvalue weighted by molar-refractivity contribution is 7.92. The van der Waals surface area contributed by atoms with Crippen LogP contribution < -0.4 is 58.3 Å². The molecule has 0 spiro atoms. The number of nitrogen functional groups attached to an aromatic ring is 1. The Morgan fingerprint density at radius 3 is 1.48 bits per heavy atom. The Balaban J connectivity index is 0.000000208. The van der Waals surface area contributed by atoms with Crippen LogP contribution in [-0.4, -0.2) is 129 Å². The molecule has 9 rings (SSSR count). The van der Waals surface area contributed by atoms with Crippen molar-refractivity contribution in [3.8, 4) is 5.75 Å². The highest BCUT2D eigenvalue weighted by atomic mass is 35.5. The van der Waals surface area contributed by atoms with Gasteiger partial charge in [0, 0.05) is 33.5 Å². The van der Waals surface area contributed by atoms with Crippen LogP contribution in [0.5, 0.6) is 5.75 Å². The van der Waals surface area contributed by atoms with Crippen LogP contribution in [0.15, 0.2) is 167 Å². The summed E-state index contributed by atoms with van der Waals surface area (Å²) in [5.41, 5.74) is 9.98. The average Bonchev–Trinajstić information content (AvgIpc) is 0.802. The fourth-order valence-electron chi connectivity index (χ4n) is 8.85. The van der Waals surface area contributed by atoms with Gasteiger partial charge in [-0.15, -0.1) is 0 Å². The summed E-state index contributed by atoms with van der Waals surface area (Å²) >= 11 is 6.27. The number of anilines is 13. The number of rotatable bonds is 23. The number of nitrogens with two attached hydrogens (primary N) is 1. The average molecular weight is 1470 g/mol. The number of hydrogen-bond donors (Lipinski definition) is 8. The molecule has 6 aromatic carbocycles. The summed E-state index contributed by atoms with van der Waals surface area (Å²) in [6.45, 7) is 21.7. The van der Waals surface area contributed by atoms with Gasteiger partial charge in [0.05, 0.1) is 83.9 Å². The van der Waals surface area contributed by atoms with Gasteiger partial charge in [0.1, 0.15) is 38.0 Å². The molecule has 0 unspecified atom stereocenters. The van der Waals surface area contributed by atoms with Crippen LogP contribution in [-0.2, 0) is 43.2 Å². The summed E-state index contributed by atoms with van der Waals surface area (Å²) in [6, 6.07) is 36.7. The first kappa shape index (κ1) is 76.6. The number of carboxylic acid groups (broad SMARTS) is 1. The SMILES string of the molecule is CC(C)S(=O)(=O)c1ccccc1Nc1ccnc(Nc2ccc(P(C)(C)=O)cc2)n1.COc1cc(P(C)(C)=O)ccc1Nc1ncc(N)c(Nc2ccccc2S(=O)(=O)C(C)C)n1.Cc1cc(P(C)(C)=O)ccc1Nc1ncc(Cl)c(Nc2ccc(C(=O)O)cc2S(=O)(=O)C(C)C)n1. The number of halogens is 1. The Hall–Kier alpha value is -8.74. The molecule has 98 heavy (non-hydrogen) atoms. The number of ether oxygens (including phenoxy) is 1. The summed E-state index contributed by atoms with van der Waals surface area (Å²) in [4.78, 5) is 37.4. The van der Waals surface area contributed by atoms with Gasteiger partial charge in [0.2, 0.25) is 17.8 Å². The van der Waals surface area contributed by atoms with Crippen LogP contribution in [0, 0.1) is 6.92 Å². The summed E-state index contributed by atoms with van der Waals surface area (Å²) in [5.74, 6) is 0.856. The molecule has 0 aliphatic rings. The van der Waals surface area contributed by atoms with E-state index in [0.29, 0.717) is 45.6 Å². The number of carbonyl (C=O) groups is 1. The molecule has 0 fully saturated rings. The zero-order chi connectivity index (χ0) is 72.5. The number of hydrogen-bond acceptors (Lipinski definition) is 24. The molecule has 0 aliphatic heterocycles. The molecule has 0 aliphatic carbocycles. The van der Waals surface area contributed by atoms with Crippen LogP contribution in [0.25, 0.3) is 0 Å². The zero-order valence-electron chi connectivity index (χ0n) is 56.3. The van der Waals surface area contributed by atoms with Crippen molar-refractivity contribution < 1.29 is 53.6 Å². The van der Waals surface area contributed by atoms with E-state index in [4.69, 9.17) is 22.1 Å². The lowest BCUT2D eigenvalue weighted by atomic mass is 10.2. The first-order chi connectivity index (χ1) is 45.7. The van der Waals surface area contributed by atoms with E-state index in [9.17, 15) is 48.8 Å². The lowest BCUT2D eigenvalue weighted by Crippen LogP contribution is -2.17. The molecule has 0 radical (unpaired) electrons. The third-order valence-electron chi connectivity index (χ3n) is 14.6. The summed E-state index contributed by atoms with van der Waals surface area (Å²) in [7, 11) is -16.5. The normalized spacial score (nSPS) is 12.0. The Bertz CT molecular complexity index is 4940. The van der Waals surface area contributed by atoms with E-state index in [2.05, 4.69) is 61.8 Å². The molecule has 520 valence electrons. The van der Waals surface area contributed by atoms with E-state index < -0.39 is 72.7 Å². The van der Waals surface area contributed by atoms with E-state index in [1.165, 1.54) is 45.5 Å². The lowest BCUT2D eigenvalue weighted by Gasteiger charge is -2.16. The van der Waals surface area contributed by atoms with Gasteiger partial charge in [-0.2, -0.15) is 15.0 Å². The van der Waals surface area contributed by atoms with Crippen LogP contribution in [0.1, 0.15) is 57.5 Å².